The van der Waals surface area contributed by atoms with Gasteiger partial charge in [-0.25, -0.2) is 0 Å². The normalized spacial score (nSPS) is 17.7. The van der Waals surface area contributed by atoms with Gasteiger partial charge in [-0.1, -0.05) is 0 Å². The highest BCUT2D eigenvalue weighted by Gasteiger charge is 2.18. The first-order chi connectivity index (χ1) is 12.3. The van der Waals surface area contributed by atoms with Crippen LogP contribution in [0.15, 0.2) is 48.2 Å². The Bertz CT molecular complexity index is 820. The third-order valence-electron chi connectivity index (χ3n) is 4.79. The maximum absolute atomic E-state index is 4.42. The van der Waals surface area contributed by atoms with Crippen molar-refractivity contribution >= 4 is 11.0 Å². The van der Waals surface area contributed by atoms with Crippen molar-refractivity contribution in [3.8, 4) is 0 Å². The Morgan fingerprint density at radius 2 is 1.88 bits per heavy atom. The zero-order valence-electron chi connectivity index (χ0n) is 14.5. The zero-order chi connectivity index (χ0) is 17.1. The molecule has 0 amide bonds. The van der Waals surface area contributed by atoms with Crippen molar-refractivity contribution in [3.05, 3.63) is 59.3 Å². The van der Waals surface area contributed by atoms with Gasteiger partial charge >= 0.3 is 0 Å². The molecule has 3 heterocycles. The van der Waals surface area contributed by atoms with Crippen LogP contribution in [0.3, 0.4) is 0 Å². The molecule has 6 heteroatoms. The summed E-state index contributed by atoms with van der Waals surface area (Å²) in [6.07, 6.45) is 7.84. The minimum absolute atomic E-state index is 0.773. The van der Waals surface area contributed by atoms with Gasteiger partial charge in [-0.3, -0.25) is 9.97 Å². The van der Waals surface area contributed by atoms with E-state index in [0.29, 0.717) is 0 Å². The Balaban J connectivity index is 1.51. The molecule has 25 heavy (non-hydrogen) atoms. The minimum atomic E-state index is 0.773. The molecule has 2 aliphatic heterocycles. The Morgan fingerprint density at radius 3 is 2.68 bits per heavy atom. The van der Waals surface area contributed by atoms with Gasteiger partial charge in [0.15, 0.2) is 0 Å². The second kappa shape index (κ2) is 7.11. The largest absolute Gasteiger partial charge is 0.386 e. The lowest BCUT2D eigenvalue weighted by molar-refractivity contribution is 0.298. The molecule has 4 rings (SSSR count). The second-order valence-electron chi connectivity index (χ2n) is 6.47. The quantitative estimate of drug-likeness (QED) is 0.781. The summed E-state index contributed by atoms with van der Waals surface area (Å²) in [6.45, 7) is 7.97. The number of benzene rings is 1. The molecule has 0 atom stereocenters. The SMILES string of the molecule is Cc1cc2nccnc2cc1CNC1=CNCC=C1N1CCNCC1. The first kappa shape index (κ1) is 15.9. The number of piperazine rings is 1. The molecule has 0 spiro atoms. The molecular weight excluding hydrogens is 312 g/mol. The molecule has 1 aromatic heterocycles. The summed E-state index contributed by atoms with van der Waals surface area (Å²) in [5.41, 5.74) is 6.84. The second-order valence-corrected chi connectivity index (χ2v) is 6.47. The molecule has 0 unspecified atom stereocenters. The lowest BCUT2D eigenvalue weighted by Crippen LogP contribution is -2.45. The smallest absolute Gasteiger partial charge is 0.0890 e. The summed E-state index contributed by atoms with van der Waals surface area (Å²) in [5.74, 6) is 0. The summed E-state index contributed by atoms with van der Waals surface area (Å²) < 4.78 is 0. The van der Waals surface area contributed by atoms with Crippen LogP contribution in [0.4, 0.5) is 0 Å². The van der Waals surface area contributed by atoms with Crippen LogP contribution in [0.2, 0.25) is 0 Å². The fourth-order valence-electron chi connectivity index (χ4n) is 3.39. The number of hydrogen-bond acceptors (Lipinski definition) is 6. The van der Waals surface area contributed by atoms with E-state index in [2.05, 4.69) is 62.2 Å². The van der Waals surface area contributed by atoms with Gasteiger partial charge in [0, 0.05) is 57.9 Å². The highest BCUT2D eigenvalue weighted by molar-refractivity contribution is 5.75. The van der Waals surface area contributed by atoms with E-state index in [1.54, 1.807) is 12.4 Å². The van der Waals surface area contributed by atoms with Gasteiger partial charge in [0.1, 0.15) is 0 Å². The molecule has 1 saturated heterocycles. The monoisotopic (exact) mass is 336 g/mol. The maximum Gasteiger partial charge on any atom is 0.0890 e. The Labute approximate surface area is 148 Å². The van der Waals surface area contributed by atoms with Crippen LogP contribution in [0, 0.1) is 6.92 Å². The van der Waals surface area contributed by atoms with E-state index in [9.17, 15) is 0 Å². The molecular formula is C19H24N6. The standard InChI is InChI=1S/C19H24N6/c1-14-10-16-17(23-5-4-22-16)11-15(14)12-24-18-13-21-3-2-19(18)25-8-6-20-7-9-25/h2,4-5,10-11,13,20-21,24H,3,6-9,12H2,1H3. The van der Waals surface area contributed by atoms with E-state index in [0.717, 1.165) is 56.0 Å². The van der Waals surface area contributed by atoms with Gasteiger partial charge in [-0.15, -0.1) is 0 Å². The first-order valence-corrected chi connectivity index (χ1v) is 8.85. The average Bonchev–Trinajstić information content (AvgIpc) is 2.67. The molecule has 2 aromatic rings. The fraction of sp³-hybridized carbons (Fsp3) is 0.368. The number of dihydropyridines is 1. The summed E-state index contributed by atoms with van der Waals surface area (Å²) in [7, 11) is 0. The molecule has 2 aliphatic rings. The van der Waals surface area contributed by atoms with Crippen LogP contribution in [0.25, 0.3) is 11.0 Å². The van der Waals surface area contributed by atoms with Crippen molar-refractivity contribution < 1.29 is 0 Å². The predicted molar refractivity (Wildman–Crippen MR) is 99.7 cm³/mol. The van der Waals surface area contributed by atoms with E-state index >= 15 is 0 Å². The summed E-state index contributed by atoms with van der Waals surface area (Å²) in [4.78, 5) is 11.3. The molecule has 1 aromatic carbocycles. The van der Waals surface area contributed by atoms with Crippen molar-refractivity contribution in [1.29, 1.82) is 0 Å². The van der Waals surface area contributed by atoms with Gasteiger partial charge in [0.2, 0.25) is 0 Å². The molecule has 0 aliphatic carbocycles. The Kier molecular flexibility index (Phi) is 4.52. The van der Waals surface area contributed by atoms with Crippen molar-refractivity contribution in [2.24, 2.45) is 0 Å². The molecule has 1 fully saturated rings. The topological polar surface area (TPSA) is 65.1 Å². The molecule has 0 saturated carbocycles. The van der Waals surface area contributed by atoms with Crippen LogP contribution >= 0.6 is 0 Å². The van der Waals surface area contributed by atoms with E-state index < -0.39 is 0 Å². The minimum Gasteiger partial charge on any atom is -0.386 e. The lowest BCUT2D eigenvalue weighted by Gasteiger charge is -2.34. The van der Waals surface area contributed by atoms with E-state index in [1.165, 1.54) is 16.8 Å². The van der Waals surface area contributed by atoms with Crippen molar-refractivity contribution in [2.75, 3.05) is 32.7 Å². The average molecular weight is 336 g/mol. The molecule has 0 radical (unpaired) electrons. The van der Waals surface area contributed by atoms with Crippen LogP contribution in [0.1, 0.15) is 11.1 Å². The van der Waals surface area contributed by atoms with E-state index in [1.807, 2.05) is 0 Å². The Morgan fingerprint density at radius 1 is 1.12 bits per heavy atom. The van der Waals surface area contributed by atoms with Crippen LogP contribution in [0.5, 0.6) is 0 Å². The van der Waals surface area contributed by atoms with Gasteiger partial charge in [-0.05, 0) is 36.3 Å². The lowest BCUT2D eigenvalue weighted by atomic mass is 10.1. The molecule has 6 nitrogen and oxygen atoms in total. The van der Waals surface area contributed by atoms with Crippen LogP contribution < -0.4 is 16.0 Å². The third-order valence-corrected chi connectivity index (χ3v) is 4.79. The number of aryl methyl sites for hydroxylation is 1. The van der Waals surface area contributed by atoms with Gasteiger partial charge in [-0.2, -0.15) is 0 Å². The van der Waals surface area contributed by atoms with Gasteiger partial charge in [0.25, 0.3) is 0 Å². The van der Waals surface area contributed by atoms with Crippen LogP contribution in [-0.4, -0.2) is 47.6 Å². The number of fused-ring (bicyclic) bond motifs is 1. The summed E-state index contributed by atoms with van der Waals surface area (Å²) in [6, 6.07) is 4.25. The van der Waals surface area contributed by atoms with Crippen molar-refractivity contribution in [1.82, 2.24) is 30.8 Å². The predicted octanol–water partition coefficient (Wildman–Crippen LogP) is 1.26. The summed E-state index contributed by atoms with van der Waals surface area (Å²) >= 11 is 0. The highest BCUT2D eigenvalue weighted by atomic mass is 15.2. The fourth-order valence-corrected chi connectivity index (χ4v) is 3.39. The zero-order valence-corrected chi connectivity index (χ0v) is 14.5. The Hall–Kier alpha value is -2.60. The summed E-state index contributed by atoms with van der Waals surface area (Å²) in [5, 5.41) is 10.3. The van der Waals surface area contributed by atoms with E-state index in [-0.39, 0.29) is 0 Å². The van der Waals surface area contributed by atoms with Gasteiger partial charge < -0.3 is 20.9 Å². The maximum atomic E-state index is 4.42. The molecule has 3 N–H and O–H groups in total. The van der Waals surface area contributed by atoms with Crippen molar-refractivity contribution in [2.45, 2.75) is 13.5 Å². The number of nitrogens with zero attached hydrogens (tertiary/aromatic N) is 3. The highest BCUT2D eigenvalue weighted by Crippen LogP contribution is 2.19. The number of aromatic nitrogens is 2. The van der Waals surface area contributed by atoms with E-state index in [4.69, 9.17) is 0 Å². The van der Waals surface area contributed by atoms with Gasteiger partial charge in [0.05, 0.1) is 22.4 Å². The number of nitrogens with one attached hydrogen (secondary N) is 3. The molecule has 130 valence electrons. The number of rotatable bonds is 4. The third kappa shape index (κ3) is 3.44. The van der Waals surface area contributed by atoms with Crippen molar-refractivity contribution in [3.63, 3.8) is 0 Å². The first-order valence-electron chi connectivity index (χ1n) is 8.85. The number of hydrogen-bond donors (Lipinski definition) is 3. The van der Waals surface area contributed by atoms with Crippen LogP contribution in [-0.2, 0) is 6.54 Å². The molecule has 0 bridgehead atoms.